The number of ether oxygens (including phenoxy) is 1. The number of rotatable bonds is 5. The molecule has 0 aromatic heterocycles. The van der Waals surface area contributed by atoms with Crippen LogP contribution >= 0.6 is 0 Å². The number of ketones is 1. The molecular formula is C20H34N2O3. The second-order valence-corrected chi connectivity index (χ2v) is 8.66. The number of carbonyl (C=O) groups is 2. The molecule has 25 heavy (non-hydrogen) atoms. The molecule has 2 saturated carbocycles. The maximum Gasteiger partial charge on any atom is 0.226 e. The summed E-state index contributed by atoms with van der Waals surface area (Å²) >= 11 is 0. The lowest BCUT2D eigenvalue weighted by atomic mass is 9.80. The fourth-order valence-corrected chi connectivity index (χ4v) is 4.63. The SMILES string of the molecule is CC(C)C1CCC(OCC2C(N)CCCN2C(=O)C2CC(=O)C2)CC1. The van der Waals surface area contributed by atoms with Gasteiger partial charge in [0.2, 0.25) is 5.91 Å². The molecule has 2 N–H and O–H groups in total. The summed E-state index contributed by atoms with van der Waals surface area (Å²) in [5.41, 5.74) is 6.33. The molecule has 2 atom stereocenters. The van der Waals surface area contributed by atoms with Crippen LogP contribution in [-0.4, -0.2) is 47.9 Å². The number of nitrogens with two attached hydrogens (primary N) is 1. The number of likely N-dealkylation sites (tertiary alicyclic amines) is 1. The molecule has 0 bridgehead atoms. The molecule has 0 aromatic carbocycles. The van der Waals surface area contributed by atoms with Gasteiger partial charge in [-0.25, -0.2) is 0 Å². The molecule has 0 spiro atoms. The van der Waals surface area contributed by atoms with Gasteiger partial charge < -0.3 is 15.4 Å². The van der Waals surface area contributed by atoms with Crippen molar-refractivity contribution in [3.05, 3.63) is 0 Å². The zero-order valence-electron chi connectivity index (χ0n) is 15.8. The van der Waals surface area contributed by atoms with E-state index in [9.17, 15) is 9.59 Å². The zero-order valence-corrected chi connectivity index (χ0v) is 15.8. The molecule has 1 saturated heterocycles. The molecule has 1 heterocycles. The Labute approximate surface area is 151 Å². The van der Waals surface area contributed by atoms with E-state index in [-0.39, 0.29) is 29.7 Å². The summed E-state index contributed by atoms with van der Waals surface area (Å²) in [6, 6.07) is -0.0414. The van der Waals surface area contributed by atoms with E-state index in [0.29, 0.717) is 25.6 Å². The van der Waals surface area contributed by atoms with E-state index >= 15 is 0 Å². The third-order valence-corrected chi connectivity index (χ3v) is 6.58. The lowest BCUT2D eigenvalue weighted by molar-refractivity contribution is -0.150. The van der Waals surface area contributed by atoms with Crippen LogP contribution in [0.4, 0.5) is 0 Å². The van der Waals surface area contributed by atoms with Crippen molar-refractivity contribution < 1.29 is 14.3 Å². The standard InChI is InChI=1S/C20H34N2O3/c1-13(2)14-5-7-17(8-6-14)25-12-19-18(21)4-3-9-22(19)20(24)15-10-16(23)11-15/h13-15,17-19H,3-12,21H2,1-2H3. The van der Waals surface area contributed by atoms with Gasteiger partial charge in [0.15, 0.2) is 0 Å². The largest absolute Gasteiger partial charge is 0.376 e. The van der Waals surface area contributed by atoms with Crippen LogP contribution in [0, 0.1) is 17.8 Å². The summed E-state index contributed by atoms with van der Waals surface area (Å²) in [6.07, 6.45) is 7.76. The number of hydrogen-bond donors (Lipinski definition) is 1. The molecule has 3 aliphatic rings. The highest BCUT2D eigenvalue weighted by molar-refractivity contribution is 5.96. The van der Waals surface area contributed by atoms with Crippen LogP contribution in [-0.2, 0) is 14.3 Å². The molecule has 5 heteroatoms. The summed E-state index contributed by atoms with van der Waals surface area (Å²) in [6.45, 7) is 5.92. The third-order valence-electron chi connectivity index (χ3n) is 6.58. The predicted molar refractivity (Wildman–Crippen MR) is 97.0 cm³/mol. The minimum Gasteiger partial charge on any atom is -0.376 e. The number of amides is 1. The molecule has 0 aromatic rings. The lowest BCUT2D eigenvalue weighted by Crippen LogP contribution is -2.59. The maximum atomic E-state index is 12.7. The van der Waals surface area contributed by atoms with Crippen LogP contribution in [0.1, 0.15) is 65.2 Å². The summed E-state index contributed by atoms with van der Waals surface area (Å²) in [7, 11) is 0. The van der Waals surface area contributed by atoms with E-state index in [2.05, 4.69) is 13.8 Å². The third kappa shape index (κ3) is 4.43. The smallest absolute Gasteiger partial charge is 0.226 e. The highest BCUT2D eigenvalue weighted by Crippen LogP contribution is 2.32. The Morgan fingerprint density at radius 3 is 2.48 bits per heavy atom. The fraction of sp³-hybridized carbons (Fsp3) is 0.900. The van der Waals surface area contributed by atoms with Crippen molar-refractivity contribution in [2.45, 2.75) is 83.4 Å². The molecule has 2 unspecified atom stereocenters. The topological polar surface area (TPSA) is 72.6 Å². The summed E-state index contributed by atoms with van der Waals surface area (Å²) in [5.74, 6) is 1.79. The van der Waals surface area contributed by atoms with Crippen molar-refractivity contribution in [3.63, 3.8) is 0 Å². The van der Waals surface area contributed by atoms with Gasteiger partial charge in [0.25, 0.3) is 0 Å². The van der Waals surface area contributed by atoms with Crippen molar-refractivity contribution in [2.75, 3.05) is 13.2 Å². The van der Waals surface area contributed by atoms with Crippen LogP contribution in [0.15, 0.2) is 0 Å². The summed E-state index contributed by atoms with van der Waals surface area (Å²) in [4.78, 5) is 25.9. The van der Waals surface area contributed by atoms with Gasteiger partial charge in [0, 0.05) is 25.4 Å². The monoisotopic (exact) mass is 350 g/mol. The average molecular weight is 351 g/mol. The summed E-state index contributed by atoms with van der Waals surface area (Å²) < 4.78 is 6.21. The Balaban J connectivity index is 1.51. The Hall–Kier alpha value is -0.940. The second kappa shape index (κ2) is 8.17. The van der Waals surface area contributed by atoms with Crippen LogP contribution < -0.4 is 5.73 Å². The molecule has 0 radical (unpaired) electrons. The van der Waals surface area contributed by atoms with Crippen molar-refractivity contribution >= 4 is 11.7 Å². The molecule has 142 valence electrons. The molecule has 1 amide bonds. The molecule has 1 aliphatic heterocycles. The molecule has 5 nitrogen and oxygen atoms in total. The minimum absolute atomic E-state index is 0.0134. The first-order valence-corrected chi connectivity index (χ1v) is 10.1. The average Bonchev–Trinajstić information content (AvgIpc) is 2.57. The van der Waals surface area contributed by atoms with E-state index < -0.39 is 0 Å². The molecule has 2 aliphatic carbocycles. The first-order valence-electron chi connectivity index (χ1n) is 10.1. The molecular weight excluding hydrogens is 316 g/mol. The molecule has 3 rings (SSSR count). The van der Waals surface area contributed by atoms with Gasteiger partial charge >= 0.3 is 0 Å². The van der Waals surface area contributed by atoms with E-state index in [4.69, 9.17) is 10.5 Å². The Kier molecular flexibility index (Phi) is 6.16. The van der Waals surface area contributed by atoms with Gasteiger partial charge in [-0.1, -0.05) is 13.8 Å². The van der Waals surface area contributed by atoms with Gasteiger partial charge in [0.1, 0.15) is 5.78 Å². The maximum absolute atomic E-state index is 12.7. The first kappa shape index (κ1) is 18.8. The van der Waals surface area contributed by atoms with Gasteiger partial charge in [-0.3, -0.25) is 9.59 Å². The van der Waals surface area contributed by atoms with E-state index in [1.807, 2.05) is 4.90 Å². The van der Waals surface area contributed by atoms with Gasteiger partial charge in [-0.2, -0.15) is 0 Å². The van der Waals surface area contributed by atoms with Gasteiger partial charge in [-0.15, -0.1) is 0 Å². The Morgan fingerprint density at radius 2 is 1.88 bits per heavy atom. The highest BCUT2D eigenvalue weighted by Gasteiger charge is 2.40. The normalized spacial score (nSPS) is 34.2. The van der Waals surface area contributed by atoms with Gasteiger partial charge in [-0.05, 0) is 50.4 Å². The first-order chi connectivity index (χ1) is 12.0. The second-order valence-electron chi connectivity index (χ2n) is 8.66. The zero-order chi connectivity index (χ0) is 18.0. The van der Waals surface area contributed by atoms with Crippen LogP contribution in [0.25, 0.3) is 0 Å². The lowest BCUT2D eigenvalue weighted by Gasteiger charge is -2.43. The minimum atomic E-state index is -0.109. The van der Waals surface area contributed by atoms with Crippen molar-refractivity contribution in [3.8, 4) is 0 Å². The van der Waals surface area contributed by atoms with Crippen molar-refractivity contribution in [2.24, 2.45) is 23.5 Å². The highest BCUT2D eigenvalue weighted by atomic mass is 16.5. The Morgan fingerprint density at radius 1 is 1.20 bits per heavy atom. The van der Waals surface area contributed by atoms with Gasteiger partial charge in [0.05, 0.1) is 24.7 Å². The predicted octanol–water partition coefficient (Wildman–Crippen LogP) is 2.52. The van der Waals surface area contributed by atoms with Crippen LogP contribution in [0.5, 0.6) is 0 Å². The summed E-state index contributed by atoms with van der Waals surface area (Å²) in [5, 5.41) is 0. The Bertz CT molecular complexity index is 477. The number of piperidine rings is 1. The van der Waals surface area contributed by atoms with E-state index in [1.54, 1.807) is 0 Å². The van der Waals surface area contributed by atoms with Crippen LogP contribution in [0.3, 0.4) is 0 Å². The van der Waals surface area contributed by atoms with Crippen LogP contribution in [0.2, 0.25) is 0 Å². The van der Waals surface area contributed by atoms with Crippen molar-refractivity contribution in [1.82, 2.24) is 4.90 Å². The molecule has 3 fully saturated rings. The number of hydrogen-bond acceptors (Lipinski definition) is 4. The number of Topliss-reactive ketones (excluding diaryl/α,β-unsaturated/α-hetero) is 1. The number of nitrogens with zero attached hydrogens (tertiary/aromatic N) is 1. The quantitative estimate of drug-likeness (QED) is 0.827. The fourth-order valence-electron chi connectivity index (χ4n) is 4.63. The van der Waals surface area contributed by atoms with E-state index in [1.165, 1.54) is 12.8 Å². The van der Waals surface area contributed by atoms with E-state index in [0.717, 1.165) is 44.1 Å². The number of carbonyl (C=O) groups excluding carboxylic acids is 2. The van der Waals surface area contributed by atoms with Crippen molar-refractivity contribution in [1.29, 1.82) is 0 Å².